The number of rotatable bonds is 4. The van der Waals surface area contributed by atoms with Crippen molar-refractivity contribution in [2.24, 2.45) is 11.3 Å². The van der Waals surface area contributed by atoms with Crippen molar-refractivity contribution in [3.8, 4) is 11.1 Å². The van der Waals surface area contributed by atoms with Crippen LogP contribution < -0.4 is 9.81 Å². The van der Waals surface area contributed by atoms with Gasteiger partial charge < -0.3 is 0 Å². The SMILES string of the molecule is Cl.Cl.[CH2]=[Zr]([C]1=CC(C(C)(C)C)=CC1C)([c]1ccc(C)cc1)([c]1ccc(C)cc1)[c]1c(C)ccc2c1Cc1cc(C)ccc1-2. The van der Waals surface area contributed by atoms with E-state index in [1.54, 1.807) is 6.55 Å². The molecule has 0 aromatic heterocycles. The third-order valence-corrected chi connectivity index (χ3v) is 27.0. The molecule has 6 rings (SSSR count). The summed E-state index contributed by atoms with van der Waals surface area (Å²) < 4.78 is 11.7. The van der Waals surface area contributed by atoms with Crippen molar-refractivity contribution in [3.63, 3.8) is 0 Å². The van der Waals surface area contributed by atoms with Crippen LogP contribution >= 0.6 is 24.8 Å². The number of allylic oxidation sites excluding steroid dienone is 4. The van der Waals surface area contributed by atoms with Gasteiger partial charge in [0.05, 0.1) is 0 Å². The fraction of sp³-hybridized carbons (Fsp3) is 0.275. The number of hydrogen-bond acceptors (Lipinski definition) is 0. The zero-order valence-corrected chi connectivity index (χ0v) is 31.1. The Bertz CT molecular complexity index is 1780. The van der Waals surface area contributed by atoms with E-state index in [2.05, 4.69) is 146 Å². The first-order chi connectivity index (χ1) is 19.3. The predicted molar refractivity (Wildman–Crippen MR) is 192 cm³/mol. The van der Waals surface area contributed by atoms with Crippen LogP contribution in [-0.4, -0.2) is 4.21 Å². The van der Waals surface area contributed by atoms with Gasteiger partial charge in [0.1, 0.15) is 0 Å². The van der Waals surface area contributed by atoms with E-state index in [1.165, 1.54) is 56.6 Å². The molecule has 0 heterocycles. The van der Waals surface area contributed by atoms with Crippen LogP contribution in [0.5, 0.6) is 0 Å². The van der Waals surface area contributed by atoms with Crippen molar-refractivity contribution >= 4 is 38.8 Å². The van der Waals surface area contributed by atoms with E-state index < -0.39 is 18.3 Å². The topological polar surface area (TPSA) is 0 Å². The van der Waals surface area contributed by atoms with Gasteiger partial charge in [0, 0.05) is 0 Å². The zero-order valence-electron chi connectivity index (χ0n) is 27.0. The Hall–Kier alpha value is -2.31. The summed E-state index contributed by atoms with van der Waals surface area (Å²) in [6.45, 7) is 18.4. The maximum atomic E-state index is 5.75. The normalized spacial score (nSPS) is 16.0. The molecule has 3 heteroatoms. The summed E-state index contributed by atoms with van der Waals surface area (Å²) in [7, 11) is 0. The van der Waals surface area contributed by atoms with E-state index in [0.29, 0.717) is 5.92 Å². The molecular formula is C40H46Cl2Zr. The average molecular weight is 689 g/mol. The molecule has 0 nitrogen and oxygen atoms in total. The molecule has 1 unspecified atom stereocenters. The molecule has 4 aromatic carbocycles. The second kappa shape index (κ2) is 11.6. The Morgan fingerprint density at radius 1 is 0.698 bits per heavy atom. The molecule has 0 spiro atoms. The molecule has 0 radical (unpaired) electrons. The summed E-state index contributed by atoms with van der Waals surface area (Å²) in [6, 6.07) is 30.8. The Labute approximate surface area is 272 Å². The van der Waals surface area contributed by atoms with Crippen LogP contribution in [0.3, 0.4) is 0 Å². The van der Waals surface area contributed by atoms with E-state index in [0.717, 1.165) is 6.42 Å². The molecule has 43 heavy (non-hydrogen) atoms. The third-order valence-electron chi connectivity index (χ3n) is 10.1. The number of fused-ring (bicyclic) bond motifs is 3. The monoisotopic (exact) mass is 686 g/mol. The van der Waals surface area contributed by atoms with Crippen LogP contribution in [0, 0.1) is 39.0 Å². The molecule has 1 atom stereocenters. The van der Waals surface area contributed by atoms with Crippen molar-refractivity contribution in [3.05, 3.63) is 133 Å². The second-order valence-electron chi connectivity index (χ2n) is 14.1. The summed E-state index contributed by atoms with van der Waals surface area (Å²) in [4.78, 5) is 0. The van der Waals surface area contributed by atoms with Crippen molar-refractivity contribution in [2.75, 3.05) is 0 Å². The molecule has 224 valence electrons. The quantitative estimate of drug-likeness (QED) is 0.177. The predicted octanol–water partition coefficient (Wildman–Crippen LogP) is 9.24. The number of halogens is 2. The number of hydrogen-bond donors (Lipinski definition) is 0. The summed E-state index contributed by atoms with van der Waals surface area (Å²) in [5.41, 5.74) is 12.6. The van der Waals surface area contributed by atoms with Gasteiger partial charge in [0.2, 0.25) is 0 Å². The van der Waals surface area contributed by atoms with Crippen molar-refractivity contribution in [1.82, 2.24) is 0 Å². The zero-order chi connectivity index (χ0) is 29.3. The van der Waals surface area contributed by atoms with Crippen LogP contribution in [0.1, 0.15) is 61.1 Å². The molecule has 2 aliphatic carbocycles. The summed E-state index contributed by atoms with van der Waals surface area (Å²) in [5.74, 6) is 0.316. The van der Waals surface area contributed by atoms with E-state index in [-0.39, 0.29) is 30.2 Å². The van der Waals surface area contributed by atoms with Gasteiger partial charge in [-0.2, -0.15) is 0 Å². The van der Waals surface area contributed by atoms with E-state index in [1.807, 2.05) is 0 Å². The first-order valence-corrected chi connectivity index (χ1v) is 21.8. The van der Waals surface area contributed by atoms with Gasteiger partial charge in [-0.25, -0.2) is 0 Å². The molecule has 0 aliphatic heterocycles. The van der Waals surface area contributed by atoms with Crippen LogP contribution in [0.25, 0.3) is 11.1 Å². The average Bonchev–Trinajstić information content (AvgIpc) is 3.49. The molecule has 0 saturated heterocycles. The summed E-state index contributed by atoms with van der Waals surface area (Å²) >= 11 is -4.82. The van der Waals surface area contributed by atoms with E-state index >= 15 is 0 Å². The van der Waals surface area contributed by atoms with Gasteiger partial charge in [-0.05, 0) is 0 Å². The molecule has 0 fully saturated rings. The number of benzene rings is 4. The van der Waals surface area contributed by atoms with Crippen molar-refractivity contribution in [1.29, 1.82) is 0 Å². The summed E-state index contributed by atoms with van der Waals surface area (Å²) in [6.07, 6.45) is 6.10. The Kier molecular flexibility index (Phi) is 9.03. The van der Waals surface area contributed by atoms with E-state index in [4.69, 9.17) is 4.21 Å². The Morgan fingerprint density at radius 2 is 1.21 bits per heavy atom. The molecule has 0 amide bonds. The molecule has 0 N–H and O–H groups in total. The maximum absolute atomic E-state index is 5.75. The molecule has 2 aliphatic rings. The van der Waals surface area contributed by atoms with Crippen LogP contribution in [0.15, 0.2) is 99.9 Å². The Morgan fingerprint density at radius 3 is 1.72 bits per heavy atom. The number of aryl methyl sites for hydroxylation is 4. The fourth-order valence-corrected chi connectivity index (χ4v) is 25.3. The molecule has 0 bridgehead atoms. The third kappa shape index (κ3) is 5.05. The molecule has 0 saturated carbocycles. The van der Waals surface area contributed by atoms with Crippen molar-refractivity contribution < 1.29 is 18.3 Å². The van der Waals surface area contributed by atoms with Gasteiger partial charge in [-0.15, -0.1) is 24.8 Å². The minimum atomic E-state index is -4.82. The van der Waals surface area contributed by atoms with Crippen LogP contribution in [-0.2, 0) is 24.7 Å². The molecule has 4 aromatic rings. The standard InChI is InChI=1S/C15H13.C10H15.2C7H7.CH2.2ClH.Zr/c1-10-3-5-14-12(7-10)9-13-8-11(2)4-6-15(13)14;1-8-5-6-9(7-8)10(2,3)4;2*1-7-5-3-2-4-6-7;;;;/h3-7H,9H2,1-2H3;6-8H,1-4H3;2*3-6H,1H3;1H2;2*1H;. The minimum absolute atomic E-state index is 0. The van der Waals surface area contributed by atoms with Gasteiger partial charge in [-0.1, -0.05) is 0 Å². The van der Waals surface area contributed by atoms with Crippen molar-refractivity contribution in [2.45, 2.75) is 61.8 Å². The van der Waals surface area contributed by atoms with Crippen LogP contribution in [0.4, 0.5) is 0 Å². The van der Waals surface area contributed by atoms with Crippen LogP contribution in [0.2, 0.25) is 0 Å². The first kappa shape index (κ1) is 33.6. The molecular weight excluding hydrogens is 643 g/mol. The Balaban J connectivity index is 0.00000212. The van der Waals surface area contributed by atoms with Gasteiger partial charge in [0.15, 0.2) is 0 Å². The van der Waals surface area contributed by atoms with Gasteiger partial charge >= 0.3 is 250 Å². The second-order valence-corrected chi connectivity index (χ2v) is 26.7. The summed E-state index contributed by atoms with van der Waals surface area (Å²) in [5, 5.41) is 0. The first-order valence-electron chi connectivity index (χ1n) is 15.2. The van der Waals surface area contributed by atoms with Gasteiger partial charge in [0.25, 0.3) is 0 Å². The van der Waals surface area contributed by atoms with Gasteiger partial charge in [-0.3, -0.25) is 0 Å². The fourth-order valence-electron chi connectivity index (χ4n) is 7.90. The van der Waals surface area contributed by atoms with E-state index in [9.17, 15) is 0 Å².